The molecule has 1 saturated carbocycles. The number of benzene rings is 1. The van der Waals surface area contributed by atoms with E-state index < -0.39 is 0 Å². The molecule has 3 rings (SSSR count). The number of nitrogens with two attached hydrogens (primary N) is 1. The number of hydrogen-bond donors (Lipinski definition) is 2. The summed E-state index contributed by atoms with van der Waals surface area (Å²) in [5.41, 5.74) is 7.89. The maximum Gasteiger partial charge on any atom is 0.272 e. The summed E-state index contributed by atoms with van der Waals surface area (Å²) in [5.74, 6) is -0.116. The van der Waals surface area contributed by atoms with Crippen LogP contribution in [0.1, 0.15) is 30.8 Å². The van der Waals surface area contributed by atoms with Crippen LogP contribution in [-0.4, -0.2) is 21.7 Å². The van der Waals surface area contributed by atoms with Crippen LogP contribution in [0.3, 0.4) is 0 Å². The number of amides is 1. The Hall–Kier alpha value is -2.30. The molecule has 5 heteroatoms. The largest absolute Gasteiger partial charge is 0.399 e. The van der Waals surface area contributed by atoms with Crippen LogP contribution in [0.15, 0.2) is 36.5 Å². The highest BCUT2D eigenvalue weighted by molar-refractivity contribution is 5.92. The van der Waals surface area contributed by atoms with E-state index in [1.165, 1.54) is 0 Å². The number of carbonyl (C=O) groups excluding carboxylic acids is 1. The van der Waals surface area contributed by atoms with Gasteiger partial charge in [0.05, 0.1) is 5.69 Å². The zero-order valence-corrected chi connectivity index (χ0v) is 11.6. The molecule has 1 atom stereocenters. The molecular weight excluding hydrogens is 252 g/mol. The monoisotopic (exact) mass is 270 g/mol. The second kappa shape index (κ2) is 4.37. The number of rotatable bonds is 3. The summed E-state index contributed by atoms with van der Waals surface area (Å²) in [7, 11) is 0. The SMILES string of the molecule is CC1(C)CC1NC(=O)c1ccn(-c2ccc(N)cc2)n1. The van der Waals surface area contributed by atoms with Gasteiger partial charge in [-0.15, -0.1) is 0 Å². The molecule has 20 heavy (non-hydrogen) atoms. The molecule has 0 saturated heterocycles. The van der Waals surface area contributed by atoms with Gasteiger partial charge in [-0.25, -0.2) is 4.68 Å². The minimum absolute atomic E-state index is 0.116. The van der Waals surface area contributed by atoms with Crippen molar-refractivity contribution in [2.75, 3.05) is 5.73 Å². The Balaban J connectivity index is 1.73. The molecular formula is C15H18N4O. The molecule has 0 radical (unpaired) electrons. The zero-order valence-electron chi connectivity index (χ0n) is 11.6. The molecule has 1 fully saturated rings. The van der Waals surface area contributed by atoms with Crippen molar-refractivity contribution in [3.05, 3.63) is 42.2 Å². The quantitative estimate of drug-likeness (QED) is 0.838. The van der Waals surface area contributed by atoms with Crippen LogP contribution in [0.2, 0.25) is 0 Å². The molecule has 1 aromatic carbocycles. The number of nitrogens with zero attached hydrogens (tertiary/aromatic N) is 2. The predicted octanol–water partition coefficient (Wildman–Crippen LogP) is 1.98. The Morgan fingerprint density at radius 2 is 2.00 bits per heavy atom. The van der Waals surface area contributed by atoms with E-state index in [4.69, 9.17) is 5.73 Å². The molecule has 1 unspecified atom stereocenters. The van der Waals surface area contributed by atoms with Gasteiger partial charge in [-0.1, -0.05) is 13.8 Å². The highest BCUT2D eigenvalue weighted by Crippen LogP contribution is 2.44. The Morgan fingerprint density at radius 3 is 2.60 bits per heavy atom. The van der Waals surface area contributed by atoms with Gasteiger partial charge >= 0.3 is 0 Å². The van der Waals surface area contributed by atoms with E-state index in [1.54, 1.807) is 16.9 Å². The average molecular weight is 270 g/mol. The maximum absolute atomic E-state index is 12.1. The van der Waals surface area contributed by atoms with Crippen LogP contribution in [-0.2, 0) is 0 Å². The second-order valence-corrected chi connectivity index (χ2v) is 5.96. The minimum Gasteiger partial charge on any atom is -0.399 e. The molecule has 1 amide bonds. The minimum atomic E-state index is -0.116. The Labute approximate surface area is 117 Å². The van der Waals surface area contributed by atoms with E-state index in [-0.39, 0.29) is 17.4 Å². The summed E-state index contributed by atoms with van der Waals surface area (Å²) in [6.45, 7) is 4.29. The fourth-order valence-electron chi connectivity index (χ4n) is 2.16. The lowest BCUT2D eigenvalue weighted by molar-refractivity contribution is 0.0941. The van der Waals surface area contributed by atoms with Gasteiger partial charge in [0.25, 0.3) is 5.91 Å². The number of hydrogen-bond acceptors (Lipinski definition) is 3. The Morgan fingerprint density at radius 1 is 1.35 bits per heavy atom. The number of nitrogens with one attached hydrogen (secondary N) is 1. The molecule has 0 aliphatic heterocycles. The van der Waals surface area contributed by atoms with Crippen LogP contribution in [0, 0.1) is 5.41 Å². The van der Waals surface area contributed by atoms with Crippen molar-refractivity contribution >= 4 is 11.6 Å². The third-order valence-electron chi connectivity index (χ3n) is 3.80. The summed E-state index contributed by atoms with van der Waals surface area (Å²) >= 11 is 0. The van der Waals surface area contributed by atoms with Crippen LogP contribution < -0.4 is 11.1 Å². The first-order chi connectivity index (χ1) is 9.45. The van der Waals surface area contributed by atoms with E-state index in [2.05, 4.69) is 24.3 Å². The number of nitrogen functional groups attached to an aromatic ring is 1. The summed E-state index contributed by atoms with van der Waals surface area (Å²) in [4.78, 5) is 12.1. The number of aromatic nitrogens is 2. The van der Waals surface area contributed by atoms with Crippen molar-refractivity contribution in [2.24, 2.45) is 5.41 Å². The summed E-state index contributed by atoms with van der Waals surface area (Å²) in [6, 6.07) is 9.34. The third-order valence-corrected chi connectivity index (χ3v) is 3.80. The lowest BCUT2D eigenvalue weighted by atomic mass is 10.2. The van der Waals surface area contributed by atoms with Gasteiger partial charge in [0.2, 0.25) is 0 Å². The van der Waals surface area contributed by atoms with E-state index in [9.17, 15) is 4.79 Å². The molecule has 2 aromatic rings. The average Bonchev–Trinajstić information content (AvgIpc) is 2.82. The van der Waals surface area contributed by atoms with Gasteiger partial charge in [0.1, 0.15) is 0 Å². The predicted molar refractivity (Wildman–Crippen MR) is 77.6 cm³/mol. The summed E-state index contributed by atoms with van der Waals surface area (Å²) < 4.78 is 1.67. The standard InChI is InChI=1S/C15H18N4O/c1-15(2)9-13(15)17-14(20)12-7-8-19(18-12)11-5-3-10(16)4-6-11/h3-8,13H,9,16H2,1-2H3,(H,17,20). The van der Waals surface area contributed by atoms with Crippen LogP contribution in [0.4, 0.5) is 5.69 Å². The lowest BCUT2D eigenvalue weighted by Crippen LogP contribution is -2.28. The van der Waals surface area contributed by atoms with Crippen LogP contribution >= 0.6 is 0 Å². The van der Waals surface area contributed by atoms with Gasteiger partial charge in [-0.3, -0.25) is 4.79 Å². The van der Waals surface area contributed by atoms with Gasteiger partial charge < -0.3 is 11.1 Å². The third kappa shape index (κ3) is 2.39. The zero-order chi connectivity index (χ0) is 14.3. The smallest absolute Gasteiger partial charge is 0.272 e. The molecule has 3 N–H and O–H groups in total. The maximum atomic E-state index is 12.1. The van der Waals surface area contributed by atoms with Gasteiger partial charge in [0.15, 0.2) is 5.69 Å². The summed E-state index contributed by atoms with van der Waals surface area (Å²) in [5, 5.41) is 7.30. The molecule has 104 valence electrons. The molecule has 1 heterocycles. The van der Waals surface area contributed by atoms with Crippen LogP contribution in [0.5, 0.6) is 0 Å². The molecule has 1 aliphatic rings. The van der Waals surface area contributed by atoms with Gasteiger partial charge in [0, 0.05) is 17.9 Å². The number of anilines is 1. The van der Waals surface area contributed by atoms with Crippen LogP contribution in [0.25, 0.3) is 5.69 Å². The van der Waals surface area contributed by atoms with Crippen molar-refractivity contribution in [3.8, 4) is 5.69 Å². The van der Waals surface area contributed by atoms with Crippen molar-refractivity contribution in [3.63, 3.8) is 0 Å². The Kier molecular flexibility index (Phi) is 2.78. The first-order valence-corrected chi connectivity index (χ1v) is 6.68. The first-order valence-electron chi connectivity index (χ1n) is 6.68. The van der Waals surface area contributed by atoms with Crippen molar-refractivity contribution in [1.29, 1.82) is 0 Å². The molecule has 0 bridgehead atoms. The normalized spacial score (nSPS) is 19.6. The van der Waals surface area contributed by atoms with Crippen molar-refractivity contribution in [1.82, 2.24) is 15.1 Å². The van der Waals surface area contributed by atoms with E-state index >= 15 is 0 Å². The lowest BCUT2D eigenvalue weighted by Gasteiger charge is -2.05. The molecule has 1 aromatic heterocycles. The van der Waals surface area contributed by atoms with E-state index in [0.717, 1.165) is 12.1 Å². The van der Waals surface area contributed by atoms with Crippen molar-refractivity contribution in [2.45, 2.75) is 26.3 Å². The molecule has 5 nitrogen and oxygen atoms in total. The molecule has 0 spiro atoms. The first kappa shape index (κ1) is 12.7. The van der Waals surface area contributed by atoms with Gasteiger partial charge in [-0.2, -0.15) is 5.10 Å². The topological polar surface area (TPSA) is 72.9 Å². The highest BCUT2D eigenvalue weighted by atomic mass is 16.2. The number of carbonyl (C=O) groups is 1. The second-order valence-electron chi connectivity index (χ2n) is 5.96. The highest BCUT2D eigenvalue weighted by Gasteiger charge is 2.46. The van der Waals surface area contributed by atoms with E-state index in [1.807, 2.05) is 24.3 Å². The molecule has 1 aliphatic carbocycles. The fourth-order valence-corrected chi connectivity index (χ4v) is 2.16. The van der Waals surface area contributed by atoms with Gasteiger partial charge in [-0.05, 0) is 42.2 Å². The Bertz CT molecular complexity index is 642. The fraction of sp³-hybridized carbons (Fsp3) is 0.333. The summed E-state index contributed by atoms with van der Waals surface area (Å²) in [6.07, 6.45) is 2.80. The van der Waals surface area contributed by atoms with Crippen molar-refractivity contribution < 1.29 is 4.79 Å². The van der Waals surface area contributed by atoms with E-state index in [0.29, 0.717) is 11.4 Å².